The Morgan fingerprint density at radius 1 is 0.900 bits per heavy atom. The van der Waals surface area contributed by atoms with E-state index in [0.29, 0.717) is 6.23 Å². The number of ether oxygens (including phenoxy) is 1. The van der Waals surface area contributed by atoms with E-state index in [1.165, 1.54) is 74.6 Å². The lowest BCUT2D eigenvalue weighted by Crippen LogP contribution is -2.48. The Balaban J connectivity index is 1.68. The average Bonchev–Trinajstić information content (AvgIpc) is 3.07. The van der Waals surface area contributed by atoms with Gasteiger partial charge >= 0.3 is 0 Å². The SMILES string of the molecule is c1ccc([C@H]2OC3(CCCCC3)C[N+]23CCCC3)cc1. The molecule has 2 spiro atoms. The number of nitrogens with zero attached hydrogens (tertiary/aromatic N) is 1. The Kier molecular flexibility index (Phi) is 3.12. The molecular formula is C18H26NO+. The van der Waals surface area contributed by atoms with Crippen molar-refractivity contribution in [3.63, 3.8) is 0 Å². The Bertz CT molecular complexity index is 458. The second-order valence-corrected chi connectivity index (χ2v) is 7.16. The number of benzene rings is 1. The van der Waals surface area contributed by atoms with Crippen LogP contribution in [0.5, 0.6) is 0 Å². The molecule has 0 unspecified atom stereocenters. The monoisotopic (exact) mass is 272 g/mol. The molecule has 3 fully saturated rings. The van der Waals surface area contributed by atoms with Crippen LogP contribution in [0.25, 0.3) is 0 Å². The van der Waals surface area contributed by atoms with Crippen LogP contribution < -0.4 is 0 Å². The summed E-state index contributed by atoms with van der Waals surface area (Å²) in [5.41, 5.74) is 1.60. The summed E-state index contributed by atoms with van der Waals surface area (Å²) in [5.74, 6) is 0. The Morgan fingerprint density at radius 3 is 2.30 bits per heavy atom. The summed E-state index contributed by atoms with van der Waals surface area (Å²) >= 11 is 0. The molecule has 1 atom stereocenters. The average molecular weight is 272 g/mol. The fraction of sp³-hybridized carbons (Fsp3) is 0.667. The van der Waals surface area contributed by atoms with Crippen LogP contribution in [-0.4, -0.2) is 29.7 Å². The quantitative estimate of drug-likeness (QED) is 0.701. The van der Waals surface area contributed by atoms with Gasteiger partial charge in [0, 0.05) is 18.4 Å². The zero-order valence-electron chi connectivity index (χ0n) is 12.4. The molecule has 1 aromatic rings. The van der Waals surface area contributed by atoms with E-state index >= 15 is 0 Å². The predicted molar refractivity (Wildman–Crippen MR) is 80.2 cm³/mol. The third-order valence-electron chi connectivity index (χ3n) is 5.77. The van der Waals surface area contributed by atoms with Gasteiger partial charge in [0.15, 0.2) is 0 Å². The molecule has 2 heteroatoms. The molecule has 2 nitrogen and oxygen atoms in total. The summed E-state index contributed by atoms with van der Waals surface area (Å²) in [7, 11) is 0. The molecule has 2 saturated heterocycles. The van der Waals surface area contributed by atoms with Gasteiger partial charge in [-0.25, -0.2) is 0 Å². The van der Waals surface area contributed by atoms with Gasteiger partial charge in [-0.05, 0) is 12.8 Å². The van der Waals surface area contributed by atoms with Gasteiger partial charge in [-0.15, -0.1) is 0 Å². The molecule has 0 aromatic heterocycles. The molecule has 0 bridgehead atoms. The van der Waals surface area contributed by atoms with Crippen molar-refractivity contribution in [1.82, 2.24) is 0 Å². The molecule has 20 heavy (non-hydrogen) atoms. The van der Waals surface area contributed by atoms with Gasteiger partial charge in [0.25, 0.3) is 0 Å². The Labute approximate surface area is 122 Å². The van der Waals surface area contributed by atoms with Crippen molar-refractivity contribution < 1.29 is 9.22 Å². The van der Waals surface area contributed by atoms with Gasteiger partial charge in [0.1, 0.15) is 12.1 Å². The minimum Gasteiger partial charge on any atom is -0.313 e. The normalized spacial score (nSPS) is 31.1. The summed E-state index contributed by atoms with van der Waals surface area (Å²) in [5, 5.41) is 0. The summed E-state index contributed by atoms with van der Waals surface area (Å²) in [6, 6.07) is 11.0. The minimum absolute atomic E-state index is 0.198. The van der Waals surface area contributed by atoms with Crippen molar-refractivity contribution in [2.75, 3.05) is 19.6 Å². The van der Waals surface area contributed by atoms with E-state index in [1.54, 1.807) is 0 Å². The molecule has 1 aromatic carbocycles. The van der Waals surface area contributed by atoms with Crippen molar-refractivity contribution in [3.8, 4) is 0 Å². The van der Waals surface area contributed by atoms with Crippen LogP contribution in [0.3, 0.4) is 0 Å². The second-order valence-electron chi connectivity index (χ2n) is 7.16. The van der Waals surface area contributed by atoms with Crippen LogP contribution in [0.4, 0.5) is 0 Å². The van der Waals surface area contributed by atoms with Crippen LogP contribution in [0, 0.1) is 0 Å². The lowest BCUT2D eigenvalue weighted by molar-refractivity contribution is -0.946. The summed E-state index contributed by atoms with van der Waals surface area (Å²) in [4.78, 5) is 0. The van der Waals surface area contributed by atoms with E-state index in [4.69, 9.17) is 4.74 Å². The zero-order valence-corrected chi connectivity index (χ0v) is 12.4. The van der Waals surface area contributed by atoms with Gasteiger partial charge in [-0.3, -0.25) is 4.48 Å². The third-order valence-corrected chi connectivity index (χ3v) is 5.77. The first-order valence-corrected chi connectivity index (χ1v) is 8.41. The highest BCUT2D eigenvalue weighted by Gasteiger charge is 2.57. The van der Waals surface area contributed by atoms with E-state index in [2.05, 4.69) is 30.3 Å². The van der Waals surface area contributed by atoms with Gasteiger partial charge < -0.3 is 4.74 Å². The summed E-state index contributed by atoms with van der Waals surface area (Å²) < 4.78 is 8.00. The molecule has 2 heterocycles. The van der Waals surface area contributed by atoms with Crippen LogP contribution >= 0.6 is 0 Å². The largest absolute Gasteiger partial charge is 0.313 e. The molecular weight excluding hydrogens is 246 g/mol. The van der Waals surface area contributed by atoms with Crippen LogP contribution in [0.2, 0.25) is 0 Å². The van der Waals surface area contributed by atoms with E-state index < -0.39 is 0 Å². The molecule has 108 valence electrons. The van der Waals surface area contributed by atoms with Gasteiger partial charge in [0.2, 0.25) is 6.23 Å². The van der Waals surface area contributed by atoms with Crippen molar-refractivity contribution in [2.45, 2.75) is 56.8 Å². The zero-order chi connectivity index (χ0) is 13.5. The number of hydrogen-bond donors (Lipinski definition) is 0. The Morgan fingerprint density at radius 2 is 1.60 bits per heavy atom. The van der Waals surface area contributed by atoms with E-state index in [0.717, 1.165) is 0 Å². The third kappa shape index (κ3) is 2.01. The minimum atomic E-state index is 0.198. The fourth-order valence-corrected chi connectivity index (χ4v) is 4.87. The molecule has 0 N–H and O–H groups in total. The predicted octanol–water partition coefficient (Wildman–Crippen LogP) is 4.03. The van der Waals surface area contributed by atoms with Crippen molar-refractivity contribution in [3.05, 3.63) is 35.9 Å². The van der Waals surface area contributed by atoms with Crippen LogP contribution in [0.1, 0.15) is 56.7 Å². The molecule has 1 aliphatic carbocycles. The van der Waals surface area contributed by atoms with Gasteiger partial charge in [0.05, 0.1) is 13.1 Å². The first-order chi connectivity index (χ1) is 9.82. The summed E-state index contributed by atoms with van der Waals surface area (Å²) in [6.07, 6.45) is 9.76. The first kappa shape index (κ1) is 12.8. The first-order valence-electron chi connectivity index (χ1n) is 8.41. The molecule has 3 aliphatic rings. The second kappa shape index (κ2) is 4.85. The standard InChI is InChI=1S/C18H26NO/c1-3-9-16(10-4-1)17-19(13-7-8-14-19)15-18(20-17)11-5-2-6-12-18/h1,3-4,9-10,17H,2,5-8,11-15H2/q+1/t17-/m1/s1. The maximum Gasteiger partial charge on any atom is 0.220 e. The van der Waals surface area contributed by atoms with E-state index in [1.807, 2.05) is 0 Å². The van der Waals surface area contributed by atoms with Crippen LogP contribution in [0.15, 0.2) is 30.3 Å². The highest BCUT2D eigenvalue weighted by Crippen LogP contribution is 2.50. The fourth-order valence-electron chi connectivity index (χ4n) is 4.87. The Hall–Kier alpha value is -0.860. The van der Waals surface area contributed by atoms with Crippen molar-refractivity contribution in [1.29, 1.82) is 0 Å². The number of quaternary nitrogens is 1. The van der Waals surface area contributed by atoms with Gasteiger partial charge in [-0.1, -0.05) is 49.6 Å². The highest BCUT2D eigenvalue weighted by molar-refractivity contribution is 5.17. The lowest BCUT2D eigenvalue weighted by Gasteiger charge is -2.34. The molecule has 0 radical (unpaired) electrons. The van der Waals surface area contributed by atoms with E-state index in [-0.39, 0.29) is 5.60 Å². The number of rotatable bonds is 1. The van der Waals surface area contributed by atoms with Crippen LogP contribution in [-0.2, 0) is 4.74 Å². The number of hydrogen-bond acceptors (Lipinski definition) is 1. The molecule has 4 rings (SSSR count). The lowest BCUT2D eigenvalue weighted by atomic mass is 9.84. The topological polar surface area (TPSA) is 9.23 Å². The van der Waals surface area contributed by atoms with Crippen molar-refractivity contribution >= 4 is 0 Å². The molecule has 1 saturated carbocycles. The van der Waals surface area contributed by atoms with Crippen molar-refractivity contribution in [2.24, 2.45) is 0 Å². The molecule has 2 aliphatic heterocycles. The maximum absolute atomic E-state index is 6.79. The van der Waals surface area contributed by atoms with E-state index in [9.17, 15) is 0 Å². The van der Waals surface area contributed by atoms with Gasteiger partial charge in [-0.2, -0.15) is 0 Å². The summed E-state index contributed by atoms with van der Waals surface area (Å²) in [6.45, 7) is 3.91. The maximum atomic E-state index is 6.79. The smallest absolute Gasteiger partial charge is 0.220 e. The molecule has 0 amide bonds. The highest BCUT2D eigenvalue weighted by atomic mass is 16.5.